The van der Waals surface area contributed by atoms with Gasteiger partial charge in [-0.25, -0.2) is 4.68 Å². The maximum Gasteiger partial charge on any atom is 0.177 e. The molecule has 0 aliphatic carbocycles. The molecular formula is C8H12N6. The smallest absolute Gasteiger partial charge is 0.177 e. The summed E-state index contributed by atoms with van der Waals surface area (Å²) in [4.78, 5) is 0. The van der Waals surface area contributed by atoms with Gasteiger partial charge >= 0.3 is 0 Å². The van der Waals surface area contributed by atoms with E-state index in [0.29, 0.717) is 6.54 Å². The van der Waals surface area contributed by atoms with Crippen LogP contribution in [0.1, 0.15) is 11.4 Å². The molecule has 0 unspecified atom stereocenters. The van der Waals surface area contributed by atoms with E-state index in [9.17, 15) is 0 Å². The van der Waals surface area contributed by atoms with Gasteiger partial charge in [0.1, 0.15) is 0 Å². The third kappa shape index (κ3) is 1.39. The topological polar surface area (TPSA) is 74.6 Å². The molecule has 6 nitrogen and oxygen atoms in total. The molecule has 0 bridgehead atoms. The van der Waals surface area contributed by atoms with Crippen molar-refractivity contribution in [3.63, 3.8) is 0 Å². The highest BCUT2D eigenvalue weighted by Crippen LogP contribution is 2.06. The highest BCUT2D eigenvalue weighted by Gasteiger charge is 2.05. The largest absolute Gasteiger partial charge is 0.325 e. The second-order valence-corrected chi connectivity index (χ2v) is 3.13. The van der Waals surface area contributed by atoms with Gasteiger partial charge in [0.25, 0.3) is 0 Å². The Morgan fingerprint density at radius 2 is 2.29 bits per heavy atom. The van der Waals surface area contributed by atoms with Crippen LogP contribution in [0.2, 0.25) is 0 Å². The number of nitrogens with two attached hydrogens (primary N) is 1. The first-order valence-corrected chi connectivity index (χ1v) is 4.33. The van der Waals surface area contributed by atoms with Crippen LogP contribution < -0.4 is 5.73 Å². The van der Waals surface area contributed by atoms with Crippen LogP contribution in [0.5, 0.6) is 0 Å². The minimum Gasteiger partial charge on any atom is -0.325 e. The first-order chi connectivity index (χ1) is 6.70. The Hall–Kier alpha value is -1.69. The fourth-order valence-corrected chi connectivity index (χ4v) is 1.16. The summed E-state index contributed by atoms with van der Waals surface area (Å²) in [6.45, 7) is 2.38. The predicted octanol–water partition coefficient (Wildman–Crippen LogP) is -0.232. The molecular weight excluding hydrogens is 180 g/mol. The first kappa shape index (κ1) is 8.89. The highest BCUT2D eigenvalue weighted by molar-refractivity contribution is 5.23. The maximum absolute atomic E-state index is 5.43. The molecule has 0 aliphatic rings. The van der Waals surface area contributed by atoms with Crippen molar-refractivity contribution < 1.29 is 0 Å². The van der Waals surface area contributed by atoms with Gasteiger partial charge in [0.05, 0.1) is 11.9 Å². The van der Waals surface area contributed by atoms with Crippen molar-refractivity contribution >= 4 is 0 Å². The Labute approximate surface area is 81.3 Å². The Balaban J connectivity index is 2.39. The van der Waals surface area contributed by atoms with Crippen LogP contribution in [0.25, 0.3) is 5.82 Å². The van der Waals surface area contributed by atoms with Crippen LogP contribution in [-0.4, -0.2) is 24.8 Å². The van der Waals surface area contributed by atoms with Crippen LogP contribution in [0.3, 0.4) is 0 Å². The van der Waals surface area contributed by atoms with Gasteiger partial charge in [0.2, 0.25) is 0 Å². The van der Waals surface area contributed by atoms with Crippen LogP contribution in [0.4, 0.5) is 0 Å². The fourth-order valence-electron chi connectivity index (χ4n) is 1.16. The third-order valence-corrected chi connectivity index (χ3v) is 2.09. The molecule has 0 aliphatic heterocycles. The lowest BCUT2D eigenvalue weighted by atomic mass is 10.4. The summed E-state index contributed by atoms with van der Waals surface area (Å²) in [6.07, 6.45) is 1.78. The molecule has 0 aromatic carbocycles. The number of aromatic nitrogens is 5. The first-order valence-electron chi connectivity index (χ1n) is 4.33. The van der Waals surface area contributed by atoms with Crippen molar-refractivity contribution in [3.8, 4) is 5.82 Å². The van der Waals surface area contributed by atoms with E-state index < -0.39 is 0 Å². The van der Waals surface area contributed by atoms with E-state index in [1.807, 2.05) is 20.0 Å². The van der Waals surface area contributed by atoms with Gasteiger partial charge in [-0.3, -0.25) is 4.68 Å². The molecule has 2 rings (SSSR count). The molecule has 0 amide bonds. The number of aryl methyl sites for hydroxylation is 2. The van der Waals surface area contributed by atoms with Crippen molar-refractivity contribution in [1.82, 2.24) is 24.8 Å². The van der Waals surface area contributed by atoms with Gasteiger partial charge in [-0.1, -0.05) is 5.21 Å². The maximum atomic E-state index is 5.43. The normalized spacial score (nSPS) is 10.8. The molecule has 0 saturated heterocycles. The SMILES string of the molecule is Cc1cc(-n2cc(CN)nn2)nn1C. The van der Waals surface area contributed by atoms with Crippen molar-refractivity contribution in [3.05, 3.63) is 23.7 Å². The fraction of sp³-hybridized carbons (Fsp3) is 0.375. The number of rotatable bonds is 2. The van der Waals surface area contributed by atoms with Gasteiger partial charge in [-0.15, -0.1) is 5.10 Å². The van der Waals surface area contributed by atoms with E-state index in [1.54, 1.807) is 15.6 Å². The lowest BCUT2D eigenvalue weighted by molar-refractivity contribution is 0.702. The van der Waals surface area contributed by atoms with Crippen LogP contribution in [0.15, 0.2) is 12.3 Å². The monoisotopic (exact) mass is 192 g/mol. The number of nitrogens with zero attached hydrogens (tertiary/aromatic N) is 5. The zero-order valence-electron chi connectivity index (χ0n) is 8.18. The van der Waals surface area contributed by atoms with E-state index >= 15 is 0 Å². The quantitative estimate of drug-likeness (QED) is 0.713. The standard InChI is InChI=1S/C8H12N6/c1-6-3-8(11-13(6)2)14-5-7(4-9)10-12-14/h3,5H,4,9H2,1-2H3. The Bertz CT molecular complexity index is 421. The van der Waals surface area contributed by atoms with E-state index in [1.165, 1.54) is 0 Å². The summed E-state index contributed by atoms with van der Waals surface area (Å²) in [5, 5.41) is 12.1. The number of hydrogen-bond acceptors (Lipinski definition) is 4. The molecule has 14 heavy (non-hydrogen) atoms. The average Bonchev–Trinajstić information content (AvgIpc) is 2.74. The summed E-state index contributed by atoms with van der Waals surface area (Å²) in [5.74, 6) is 0.761. The van der Waals surface area contributed by atoms with Gasteiger partial charge in [-0.2, -0.15) is 5.10 Å². The van der Waals surface area contributed by atoms with E-state index in [0.717, 1.165) is 17.2 Å². The van der Waals surface area contributed by atoms with E-state index in [2.05, 4.69) is 15.4 Å². The summed E-state index contributed by atoms with van der Waals surface area (Å²) in [7, 11) is 1.89. The summed E-state index contributed by atoms with van der Waals surface area (Å²) < 4.78 is 3.41. The van der Waals surface area contributed by atoms with Crippen LogP contribution in [0, 0.1) is 6.92 Å². The minimum absolute atomic E-state index is 0.395. The van der Waals surface area contributed by atoms with Crippen molar-refractivity contribution in [2.24, 2.45) is 12.8 Å². The van der Waals surface area contributed by atoms with Gasteiger partial charge in [-0.05, 0) is 6.92 Å². The molecule has 2 aromatic heterocycles. The molecule has 0 spiro atoms. The Morgan fingerprint density at radius 3 is 2.79 bits per heavy atom. The lowest BCUT2D eigenvalue weighted by Gasteiger charge is -1.91. The Morgan fingerprint density at radius 1 is 1.50 bits per heavy atom. The lowest BCUT2D eigenvalue weighted by Crippen LogP contribution is -1.98. The molecule has 2 heterocycles. The van der Waals surface area contributed by atoms with E-state index in [4.69, 9.17) is 5.73 Å². The van der Waals surface area contributed by atoms with Gasteiger partial charge in [0.15, 0.2) is 5.82 Å². The molecule has 2 aromatic rings. The van der Waals surface area contributed by atoms with Crippen molar-refractivity contribution in [2.75, 3.05) is 0 Å². The van der Waals surface area contributed by atoms with E-state index in [-0.39, 0.29) is 0 Å². The molecule has 74 valence electrons. The molecule has 6 heteroatoms. The van der Waals surface area contributed by atoms with Crippen molar-refractivity contribution in [1.29, 1.82) is 0 Å². The molecule has 0 atom stereocenters. The number of hydrogen-bond donors (Lipinski definition) is 1. The summed E-state index contributed by atoms with van der Waals surface area (Å²) in [5.41, 5.74) is 7.27. The van der Waals surface area contributed by atoms with Crippen LogP contribution in [-0.2, 0) is 13.6 Å². The molecule has 0 saturated carbocycles. The highest BCUT2D eigenvalue weighted by atomic mass is 15.5. The second kappa shape index (κ2) is 3.22. The second-order valence-electron chi connectivity index (χ2n) is 3.13. The molecule has 0 fully saturated rings. The van der Waals surface area contributed by atoms with Crippen LogP contribution >= 0.6 is 0 Å². The minimum atomic E-state index is 0.395. The van der Waals surface area contributed by atoms with Crippen molar-refractivity contribution in [2.45, 2.75) is 13.5 Å². The summed E-state index contributed by atoms with van der Waals surface area (Å²) in [6, 6.07) is 1.94. The van der Waals surface area contributed by atoms with Gasteiger partial charge < -0.3 is 5.73 Å². The molecule has 2 N–H and O–H groups in total. The third-order valence-electron chi connectivity index (χ3n) is 2.09. The zero-order chi connectivity index (χ0) is 10.1. The molecule has 0 radical (unpaired) electrons. The van der Waals surface area contributed by atoms with Gasteiger partial charge in [0, 0.05) is 25.4 Å². The zero-order valence-corrected chi connectivity index (χ0v) is 8.18. The predicted molar refractivity (Wildman–Crippen MR) is 50.8 cm³/mol. The summed E-state index contributed by atoms with van der Waals surface area (Å²) >= 11 is 0. The average molecular weight is 192 g/mol. The Kier molecular flexibility index (Phi) is 2.05.